The monoisotopic (exact) mass is 250 g/mol. The van der Waals surface area contributed by atoms with Crippen LogP contribution in [0.25, 0.3) is 0 Å². The van der Waals surface area contributed by atoms with E-state index in [0.717, 1.165) is 11.3 Å². The fourth-order valence-corrected chi connectivity index (χ4v) is 1.60. The van der Waals surface area contributed by atoms with E-state index in [2.05, 4.69) is 25.2 Å². The Morgan fingerprint density at radius 1 is 1.39 bits per heavy atom. The minimum absolute atomic E-state index is 0.0288. The largest absolute Gasteiger partial charge is 0.484 e. The fourth-order valence-electron chi connectivity index (χ4n) is 1.60. The van der Waals surface area contributed by atoms with Crippen LogP contribution in [0, 0.1) is 6.92 Å². The van der Waals surface area contributed by atoms with Crippen LogP contribution in [-0.2, 0) is 4.79 Å². The molecule has 0 spiro atoms. The maximum atomic E-state index is 11.4. The van der Waals surface area contributed by atoms with Gasteiger partial charge < -0.3 is 15.8 Å². The molecule has 0 saturated carbocycles. The van der Waals surface area contributed by atoms with Crippen molar-refractivity contribution in [1.29, 1.82) is 0 Å². The van der Waals surface area contributed by atoms with Crippen LogP contribution in [0.2, 0.25) is 0 Å². The zero-order chi connectivity index (χ0) is 13.5. The lowest BCUT2D eigenvalue weighted by Gasteiger charge is -2.11. The van der Waals surface area contributed by atoms with Gasteiger partial charge in [-0.25, -0.2) is 0 Å². The first-order chi connectivity index (χ1) is 8.52. The van der Waals surface area contributed by atoms with Gasteiger partial charge in [0.1, 0.15) is 5.75 Å². The molecule has 0 fully saturated rings. The molecule has 0 bridgehead atoms. The van der Waals surface area contributed by atoms with Gasteiger partial charge in [-0.05, 0) is 36.1 Å². The molecule has 0 aliphatic rings. The van der Waals surface area contributed by atoms with Crippen molar-refractivity contribution in [3.63, 3.8) is 0 Å². The summed E-state index contributed by atoms with van der Waals surface area (Å²) in [6, 6.07) is 6.04. The van der Waals surface area contributed by atoms with Crippen molar-refractivity contribution >= 4 is 5.91 Å². The van der Waals surface area contributed by atoms with Gasteiger partial charge in [-0.3, -0.25) is 4.79 Å². The minimum atomic E-state index is -0.145. The highest BCUT2D eigenvalue weighted by Crippen LogP contribution is 2.22. The van der Waals surface area contributed by atoms with Gasteiger partial charge in [0.2, 0.25) is 0 Å². The Bertz CT molecular complexity index is 403. The zero-order valence-corrected chi connectivity index (χ0v) is 11.3. The van der Waals surface area contributed by atoms with E-state index < -0.39 is 0 Å². The van der Waals surface area contributed by atoms with Gasteiger partial charge in [-0.15, -0.1) is 0 Å². The Balaban J connectivity index is 2.59. The highest BCUT2D eigenvalue weighted by molar-refractivity contribution is 5.77. The molecule has 0 atom stereocenters. The van der Waals surface area contributed by atoms with Crippen LogP contribution in [0.4, 0.5) is 0 Å². The normalized spacial score (nSPS) is 10.5. The van der Waals surface area contributed by atoms with E-state index in [0.29, 0.717) is 19.0 Å². The highest BCUT2D eigenvalue weighted by atomic mass is 16.5. The molecule has 0 radical (unpaired) electrons. The first-order valence-electron chi connectivity index (χ1n) is 6.24. The first-order valence-corrected chi connectivity index (χ1v) is 6.24. The van der Waals surface area contributed by atoms with Crippen molar-refractivity contribution < 1.29 is 9.53 Å². The molecule has 0 aliphatic heterocycles. The predicted octanol–water partition coefficient (Wildman–Crippen LogP) is 1.57. The van der Waals surface area contributed by atoms with Crippen LogP contribution < -0.4 is 15.8 Å². The fraction of sp³-hybridized carbons (Fsp3) is 0.500. The van der Waals surface area contributed by atoms with Gasteiger partial charge in [-0.1, -0.05) is 19.9 Å². The van der Waals surface area contributed by atoms with Gasteiger partial charge in [0.05, 0.1) is 0 Å². The summed E-state index contributed by atoms with van der Waals surface area (Å²) in [7, 11) is 0. The molecule has 0 aliphatic carbocycles. The molecule has 0 aromatic heterocycles. The lowest BCUT2D eigenvalue weighted by atomic mass is 10.0. The van der Waals surface area contributed by atoms with Crippen molar-refractivity contribution in [1.82, 2.24) is 5.32 Å². The Labute approximate surface area is 109 Å². The average molecular weight is 250 g/mol. The number of ether oxygens (including phenoxy) is 1. The van der Waals surface area contributed by atoms with Crippen LogP contribution >= 0.6 is 0 Å². The van der Waals surface area contributed by atoms with Crippen LogP contribution in [0.1, 0.15) is 30.9 Å². The second-order valence-corrected chi connectivity index (χ2v) is 4.66. The molecule has 0 unspecified atom stereocenters. The molecule has 100 valence electrons. The summed E-state index contributed by atoms with van der Waals surface area (Å²) >= 11 is 0. The SMILES string of the molecule is Cc1cc(OCC(=O)NCCN)cc(C(C)C)c1. The quantitative estimate of drug-likeness (QED) is 0.805. The number of nitrogens with one attached hydrogen (secondary N) is 1. The van der Waals surface area contributed by atoms with Gasteiger partial charge in [-0.2, -0.15) is 0 Å². The molecule has 1 amide bonds. The molecule has 4 heteroatoms. The lowest BCUT2D eigenvalue weighted by molar-refractivity contribution is -0.123. The summed E-state index contributed by atoms with van der Waals surface area (Å²) in [4.78, 5) is 11.4. The predicted molar refractivity (Wildman–Crippen MR) is 72.8 cm³/mol. The molecule has 1 aromatic carbocycles. The van der Waals surface area contributed by atoms with Crippen molar-refractivity contribution in [3.8, 4) is 5.75 Å². The summed E-state index contributed by atoms with van der Waals surface area (Å²) in [6.45, 7) is 7.23. The smallest absolute Gasteiger partial charge is 0.257 e. The third-order valence-electron chi connectivity index (χ3n) is 2.58. The number of carbonyl (C=O) groups is 1. The standard InChI is InChI=1S/C14H22N2O2/c1-10(2)12-6-11(3)7-13(8-12)18-9-14(17)16-5-4-15/h6-8,10H,4-5,9,15H2,1-3H3,(H,16,17). The maximum Gasteiger partial charge on any atom is 0.257 e. The molecular weight excluding hydrogens is 228 g/mol. The first kappa shape index (κ1) is 14.5. The van der Waals surface area contributed by atoms with Crippen molar-refractivity contribution in [2.24, 2.45) is 5.73 Å². The van der Waals surface area contributed by atoms with Gasteiger partial charge in [0, 0.05) is 13.1 Å². The van der Waals surface area contributed by atoms with E-state index in [1.54, 1.807) is 0 Å². The van der Waals surface area contributed by atoms with Crippen LogP contribution in [-0.4, -0.2) is 25.6 Å². The number of hydrogen-bond acceptors (Lipinski definition) is 3. The number of hydrogen-bond donors (Lipinski definition) is 2. The third kappa shape index (κ3) is 4.75. The molecule has 0 saturated heterocycles. The van der Waals surface area contributed by atoms with E-state index in [-0.39, 0.29) is 12.5 Å². The molecule has 1 rings (SSSR count). The van der Waals surface area contributed by atoms with Gasteiger partial charge >= 0.3 is 0 Å². The Morgan fingerprint density at radius 2 is 2.11 bits per heavy atom. The number of benzene rings is 1. The van der Waals surface area contributed by atoms with Crippen molar-refractivity contribution in [2.75, 3.05) is 19.7 Å². The topological polar surface area (TPSA) is 64.3 Å². The van der Waals surface area contributed by atoms with Gasteiger partial charge in [0.25, 0.3) is 5.91 Å². The minimum Gasteiger partial charge on any atom is -0.484 e. The summed E-state index contributed by atoms with van der Waals surface area (Å²) in [5.74, 6) is 1.04. The maximum absolute atomic E-state index is 11.4. The van der Waals surface area contributed by atoms with Crippen LogP contribution in [0.15, 0.2) is 18.2 Å². The Morgan fingerprint density at radius 3 is 2.72 bits per heavy atom. The Hall–Kier alpha value is -1.55. The number of rotatable bonds is 6. The van der Waals surface area contributed by atoms with E-state index in [4.69, 9.17) is 10.5 Å². The average Bonchev–Trinajstić information content (AvgIpc) is 2.33. The third-order valence-corrected chi connectivity index (χ3v) is 2.58. The second-order valence-electron chi connectivity index (χ2n) is 4.66. The molecule has 18 heavy (non-hydrogen) atoms. The number of carbonyl (C=O) groups excluding carboxylic acids is 1. The number of aryl methyl sites for hydroxylation is 1. The summed E-state index contributed by atoms with van der Waals surface area (Å²) in [6.07, 6.45) is 0. The van der Waals surface area contributed by atoms with E-state index in [1.165, 1.54) is 5.56 Å². The van der Waals surface area contributed by atoms with Crippen LogP contribution in [0.5, 0.6) is 5.75 Å². The summed E-state index contributed by atoms with van der Waals surface area (Å²) in [5.41, 5.74) is 7.65. The summed E-state index contributed by atoms with van der Waals surface area (Å²) in [5, 5.41) is 2.67. The summed E-state index contributed by atoms with van der Waals surface area (Å²) < 4.78 is 5.48. The Kier molecular flexibility index (Phi) is 5.65. The number of nitrogens with two attached hydrogens (primary N) is 1. The van der Waals surface area contributed by atoms with Crippen molar-refractivity contribution in [3.05, 3.63) is 29.3 Å². The molecular formula is C14H22N2O2. The van der Waals surface area contributed by atoms with E-state index in [9.17, 15) is 4.79 Å². The lowest BCUT2D eigenvalue weighted by Crippen LogP contribution is -2.32. The molecule has 4 nitrogen and oxygen atoms in total. The van der Waals surface area contributed by atoms with E-state index in [1.807, 2.05) is 19.1 Å². The molecule has 1 aromatic rings. The second kappa shape index (κ2) is 7.01. The molecule has 3 N–H and O–H groups in total. The van der Waals surface area contributed by atoms with Crippen molar-refractivity contribution in [2.45, 2.75) is 26.7 Å². The van der Waals surface area contributed by atoms with Gasteiger partial charge in [0.15, 0.2) is 6.61 Å². The zero-order valence-electron chi connectivity index (χ0n) is 11.3. The number of amides is 1. The van der Waals surface area contributed by atoms with Crippen LogP contribution in [0.3, 0.4) is 0 Å². The van der Waals surface area contributed by atoms with E-state index >= 15 is 0 Å². The highest BCUT2D eigenvalue weighted by Gasteiger charge is 2.05. The molecule has 0 heterocycles.